The van der Waals surface area contributed by atoms with Crippen molar-refractivity contribution in [3.63, 3.8) is 0 Å². The number of carbonyl (C=O) groups is 2. The molecule has 7 nitrogen and oxygen atoms in total. The number of rotatable bonds is 6. The van der Waals surface area contributed by atoms with Gasteiger partial charge in [0.2, 0.25) is 0 Å². The summed E-state index contributed by atoms with van der Waals surface area (Å²) in [7, 11) is 3.74. The summed E-state index contributed by atoms with van der Waals surface area (Å²) in [4.78, 5) is 26.9. The van der Waals surface area contributed by atoms with Crippen LogP contribution in [0.1, 0.15) is 41.6 Å². The number of benzene rings is 1. The summed E-state index contributed by atoms with van der Waals surface area (Å²) in [6.07, 6.45) is 3.40. The molecule has 0 bridgehead atoms. The van der Waals surface area contributed by atoms with E-state index in [1.165, 1.54) is 0 Å². The maximum atomic E-state index is 12.7. The second kappa shape index (κ2) is 9.32. The number of amides is 2. The van der Waals surface area contributed by atoms with Crippen LogP contribution in [0, 0.1) is 35.5 Å². The number of aliphatic hydroxyl groups is 1. The quantitative estimate of drug-likeness (QED) is 0.316. The fraction of sp³-hybridized carbons (Fsp3) is 0.478. The van der Waals surface area contributed by atoms with Gasteiger partial charge < -0.3 is 15.3 Å². The fourth-order valence-corrected chi connectivity index (χ4v) is 3.82. The van der Waals surface area contributed by atoms with Gasteiger partial charge in [0, 0.05) is 29.2 Å². The van der Waals surface area contributed by atoms with Crippen molar-refractivity contribution in [2.24, 2.45) is 11.8 Å². The molecule has 2 aliphatic carbocycles. The van der Waals surface area contributed by atoms with Crippen LogP contribution < -0.4 is 10.8 Å². The molecule has 3 rings (SSSR count). The van der Waals surface area contributed by atoms with Crippen LogP contribution in [0.15, 0.2) is 24.3 Å². The van der Waals surface area contributed by atoms with Gasteiger partial charge in [0.1, 0.15) is 6.04 Å². The third kappa shape index (κ3) is 4.66. The minimum atomic E-state index is -0.862. The van der Waals surface area contributed by atoms with Crippen LogP contribution in [0.25, 0.3) is 0 Å². The Balaban J connectivity index is 1.65. The molecule has 0 saturated heterocycles. The molecule has 2 fully saturated rings. The molecule has 2 aliphatic rings. The highest BCUT2D eigenvalue weighted by Crippen LogP contribution is 2.39. The SMILES string of the molecule is CN(C)C1([C@H](NC(=O)c2ccc(C#CC#C[C@@H]3C[C@H]3CO)cc2)C(=O)NO)CCC1. The van der Waals surface area contributed by atoms with E-state index in [2.05, 4.69) is 29.0 Å². The topological polar surface area (TPSA) is 102 Å². The van der Waals surface area contributed by atoms with Gasteiger partial charge in [0.25, 0.3) is 11.8 Å². The average Bonchev–Trinajstić information content (AvgIpc) is 3.47. The number of hydrogen-bond acceptors (Lipinski definition) is 5. The van der Waals surface area contributed by atoms with Crippen molar-refractivity contribution in [1.29, 1.82) is 0 Å². The summed E-state index contributed by atoms with van der Waals surface area (Å²) < 4.78 is 0. The smallest absolute Gasteiger partial charge is 0.267 e. The molecule has 0 heterocycles. The van der Waals surface area contributed by atoms with Crippen LogP contribution in [0.5, 0.6) is 0 Å². The third-order valence-electron chi connectivity index (χ3n) is 6.13. The molecule has 0 spiro atoms. The predicted molar refractivity (Wildman–Crippen MR) is 111 cm³/mol. The van der Waals surface area contributed by atoms with Crippen LogP contribution in [0.4, 0.5) is 0 Å². The zero-order valence-corrected chi connectivity index (χ0v) is 17.2. The molecular formula is C23H27N3O4. The lowest BCUT2D eigenvalue weighted by atomic mass is 9.70. The molecule has 30 heavy (non-hydrogen) atoms. The Morgan fingerprint density at radius 1 is 1.23 bits per heavy atom. The second-order valence-electron chi connectivity index (χ2n) is 8.12. The molecule has 0 aliphatic heterocycles. The van der Waals surface area contributed by atoms with E-state index < -0.39 is 17.5 Å². The number of carbonyl (C=O) groups excluding carboxylic acids is 2. The highest BCUT2D eigenvalue weighted by Gasteiger charge is 2.50. The van der Waals surface area contributed by atoms with Crippen LogP contribution in [0.3, 0.4) is 0 Å². The molecule has 2 saturated carbocycles. The number of hydrogen-bond donors (Lipinski definition) is 4. The zero-order chi connectivity index (χ0) is 21.7. The number of nitrogens with one attached hydrogen (secondary N) is 2. The van der Waals surface area contributed by atoms with Gasteiger partial charge in [-0.2, -0.15) is 0 Å². The van der Waals surface area contributed by atoms with Gasteiger partial charge in [-0.05, 0) is 81.8 Å². The minimum Gasteiger partial charge on any atom is -0.396 e. The zero-order valence-electron chi connectivity index (χ0n) is 17.2. The van der Waals surface area contributed by atoms with E-state index in [1.54, 1.807) is 29.7 Å². The molecule has 3 atom stereocenters. The first-order chi connectivity index (χ1) is 14.4. The van der Waals surface area contributed by atoms with E-state index in [-0.39, 0.29) is 18.4 Å². The van der Waals surface area contributed by atoms with Crippen LogP contribution in [0.2, 0.25) is 0 Å². The van der Waals surface area contributed by atoms with Crippen LogP contribution >= 0.6 is 0 Å². The Bertz CT molecular complexity index is 914. The van der Waals surface area contributed by atoms with E-state index in [9.17, 15) is 9.59 Å². The Morgan fingerprint density at radius 3 is 2.43 bits per heavy atom. The Morgan fingerprint density at radius 2 is 1.93 bits per heavy atom. The largest absolute Gasteiger partial charge is 0.396 e. The van der Waals surface area contributed by atoms with Gasteiger partial charge in [-0.3, -0.25) is 14.8 Å². The first kappa shape index (κ1) is 21.9. The molecule has 158 valence electrons. The van der Waals surface area contributed by atoms with Crippen molar-refractivity contribution in [1.82, 2.24) is 15.7 Å². The van der Waals surface area contributed by atoms with Crippen molar-refractivity contribution in [3.8, 4) is 23.7 Å². The van der Waals surface area contributed by atoms with E-state index in [0.717, 1.165) is 31.2 Å². The predicted octanol–water partition coefficient (Wildman–Crippen LogP) is 0.758. The van der Waals surface area contributed by atoms with Crippen molar-refractivity contribution in [2.75, 3.05) is 20.7 Å². The van der Waals surface area contributed by atoms with E-state index >= 15 is 0 Å². The maximum Gasteiger partial charge on any atom is 0.267 e. The van der Waals surface area contributed by atoms with Gasteiger partial charge in [-0.15, -0.1) is 0 Å². The summed E-state index contributed by atoms with van der Waals surface area (Å²) in [5.41, 5.74) is 2.30. The minimum absolute atomic E-state index is 0.173. The van der Waals surface area contributed by atoms with E-state index in [1.807, 2.05) is 19.0 Å². The lowest BCUT2D eigenvalue weighted by molar-refractivity contribution is -0.137. The van der Waals surface area contributed by atoms with E-state index in [0.29, 0.717) is 11.5 Å². The van der Waals surface area contributed by atoms with E-state index in [4.69, 9.17) is 10.3 Å². The molecular weight excluding hydrogens is 382 g/mol. The normalized spacial score (nSPS) is 21.8. The standard InChI is InChI=1S/C23H27N3O4/c1-26(2)23(12-5-13-23)20(22(29)25-30)24-21(28)17-10-8-16(9-11-17)6-3-4-7-18-14-19(18)15-27/h8-11,18-20,27,30H,5,12-15H2,1-2H3,(H,24,28)(H,25,29)/t18-,19+,20-/m1/s1. The summed E-state index contributed by atoms with van der Waals surface area (Å²) in [6.45, 7) is 0.173. The lowest BCUT2D eigenvalue weighted by Crippen LogP contribution is -2.68. The van der Waals surface area contributed by atoms with Gasteiger partial charge in [0.15, 0.2) is 0 Å². The van der Waals surface area contributed by atoms with Gasteiger partial charge in [-0.1, -0.05) is 11.8 Å². The molecule has 1 aromatic rings. The highest BCUT2D eigenvalue weighted by atomic mass is 16.5. The van der Waals surface area contributed by atoms with Crippen molar-refractivity contribution in [3.05, 3.63) is 35.4 Å². The number of nitrogens with zero attached hydrogens (tertiary/aromatic N) is 1. The maximum absolute atomic E-state index is 12.7. The molecule has 7 heteroatoms. The summed E-state index contributed by atoms with van der Waals surface area (Å²) >= 11 is 0. The summed E-state index contributed by atoms with van der Waals surface area (Å²) in [5.74, 6) is 11.1. The molecule has 0 unspecified atom stereocenters. The van der Waals surface area contributed by atoms with Crippen molar-refractivity contribution in [2.45, 2.75) is 37.3 Å². The second-order valence-corrected chi connectivity index (χ2v) is 8.12. The molecule has 0 radical (unpaired) electrons. The number of aliphatic hydroxyl groups excluding tert-OH is 1. The summed E-state index contributed by atoms with van der Waals surface area (Å²) in [5, 5.41) is 20.9. The summed E-state index contributed by atoms with van der Waals surface area (Å²) in [6, 6.07) is 5.88. The number of hydroxylamine groups is 1. The van der Waals surface area contributed by atoms with Gasteiger partial charge in [0.05, 0.1) is 0 Å². The van der Waals surface area contributed by atoms with Crippen LogP contribution in [-0.2, 0) is 4.79 Å². The van der Waals surface area contributed by atoms with Crippen LogP contribution in [-0.4, -0.2) is 59.3 Å². The Kier molecular flexibility index (Phi) is 6.79. The Hall–Kier alpha value is -2.84. The fourth-order valence-electron chi connectivity index (χ4n) is 3.82. The number of likely N-dealkylation sites (N-methyl/N-ethyl adjacent to an activating group) is 1. The first-order valence-corrected chi connectivity index (χ1v) is 10.1. The third-order valence-corrected chi connectivity index (χ3v) is 6.13. The lowest BCUT2D eigenvalue weighted by Gasteiger charge is -2.51. The van der Waals surface area contributed by atoms with Gasteiger partial charge >= 0.3 is 0 Å². The van der Waals surface area contributed by atoms with Crippen molar-refractivity contribution < 1.29 is 19.9 Å². The molecule has 2 amide bonds. The van der Waals surface area contributed by atoms with Crippen molar-refractivity contribution >= 4 is 11.8 Å². The monoisotopic (exact) mass is 409 g/mol. The Labute approximate surface area is 176 Å². The molecule has 4 N–H and O–H groups in total. The first-order valence-electron chi connectivity index (χ1n) is 10.1. The average molecular weight is 409 g/mol. The molecule has 1 aromatic carbocycles. The highest BCUT2D eigenvalue weighted by molar-refractivity contribution is 5.98. The van der Waals surface area contributed by atoms with Gasteiger partial charge in [-0.25, -0.2) is 5.48 Å². The molecule has 0 aromatic heterocycles.